The van der Waals surface area contributed by atoms with Crippen LogP contribution >= 0.6 is 0 Å². The van der Waals surface area contributed by atoms with Gasteiger partial charge in [0.2, 0.25) is 0 Å². The van der Waals surface area contributed by atoms with Crippen LogP contribution in [0.5, 0.6) is 11.5 Å². The van der Waals surface area contributed by atoms with Crippen LogP contribution in [0.2, 0.25) is 0 Å². The molecule has 1 aliphatic heterocycles. The molecule has 1 amide bonds. The Hall–Kier alpha value is -1.75. The molecule has 1 fully saturated rings. The number of nitrogens with zero attached hydrogens (tertiary/aromatic N) is 1. The van der Waals surface area contributed by atoms with E-state index in [0.717, 1.165) is 19.5 Å². The first kappa shape index (κ1) is 15.6. The van der Waals surface area contributed by atoms with E-state index < -0.39 is 0 Å². The van der Waals surface area contributed by atoms with Crippen LogP contribution in [0, 0.1) is 5.92 Å². The highest BCUT2D eigenvalue weighted by molar-refractivity contribution is 5.95. The Morgan fingerprint density at radius 2 is 2.19 bits per heavy atom. The molecule has 1 heterocycles. The van der Waals surface area contributed by atoms with Gasteiger partial charge in [-0.3, -0.25) is 4.79 Å². The van der Waals surface area contributed by atoms with E-state index in [1.807, 2.05) is 18.7 Å². The predicted octanol–water partition coefficient (Wildman–Crippen LogP) is 1.90. The van der Waals surface area contributed by atoms with Crippen molar-refractivity contribution in [2.75, 3.05) is 26.7 Å². The zero-order valence-corrected chi connectivity index (χ0v) is 13.0. The highest BCUT2D eigenvalue weighted by Gasteiger charge is 2.26. The van der Waals surface area contributed by atoms with Crippen molar-refractivity contribution in [1.29, 1.82) is 0 Å². The largest absolute Gasteiger partial charge is 0.493 e. The van der Waals surface area contributed by atoms with E-state index in [-0.39, 0.29) is 12.0 Å². The first-order valence-corrected chi connectivity index (χ1v) is 7.39. The minimum Gasteiger partial charge on any atom is -0.493 e. The van der Waals surface area contributed by atoms with Crippen molar-refractivity contribution in [3.05, 3.63) is 23.8 Å². The van der Waals surface area contributed by atoms with Gasteiger partial charge >= 0.3 is 0 Å². The highest BCUT2D eigenvalue weighted by Crippen LogP contribution is 2.30. The summed E-state index contributed by atoms with van der Waals surface area (Å²) in [5, 5.41) is 0. The lowest BCUT2D eigenvalue weighted by Crippen LogP contribution is -2.29. The lowest BCUT2D eigenvalue weighted by atomic mass is 10.1. The average Bonchev–Trinajstić information content (AvgIpc) is 2.95. The van der Waals surface area contributed by atoms with Gasteiger partial charge in [0.25, 0.3) is 5.91 Å². The SMILES string of the molecule is COc1cc(C(=O)N2CC[C@H](CN)C2)ccc1OC(C)C. The zero-order chi connectivity index (χ0) is 15.4. The Labute approximate surface area is 126 Å². The predicted molar refractivity (Wildman–Crippen MR) is 81.8 cm³/mol. The van der Waals surface area contributed by atoms with E-state index in [0.29, 0.717) is 29.5 Å². The van der Waals surface area contributed by atoms with Gasteiger partial charge in [0.15, 0.2) is 11.5 Å². The van der Waals surface area contributed by atoms with Crippen molar-refractivity contribution in [3.63, 3.8) is 0 Å². The molecular formula is C16H24N2O3. The van der Waals surface area contributed by atoms with E-state index in [1.165, 1.54) is 0 Å². The number of hydrogen-bond donors (Lipinski definition) is 1. The summed E-state index contributed by atoms with van der Waals surface area (Å²) in [5.41, 5.74) is 6.30. The number of ether oxygens (including phenoxy) is 2. The number of amides is 1. The lowest BCUT2D eigenvalue weighted by molar-refractivity contribution is 0.0787. The third kappa shape index (κ3) is 3.67. The third-order valence-electron chi connectivity index (χ3n) is 3.68. The standard InChI is InChI=1S/C16H24N2O3/c1-11(2)21-14-5-4-13(8-15(14)20-3)16(19)18-7-6-12(9-17)10-18/h4-5,8,11-12H,6-7,9-10,17H2,1-3H3/t12-/m1/s1. The van der Waals surface area contributed by atoms with Crippen LogP contribution in [0.3, 0.4) is 0 Å². The van der Waals surface area contributed by atoms with Crippen molar-refractivity contribution in [2.45, 2.75) is 26.4 Å². The fourth-order valence-electron chi connectivity index (χ4n) is 2.54. The second-order valence-corrected chi connectivity index (χ2v) is 5.67. The summed E-state index contributed by atoms with van der Waals surface area (Å²) in [6.07, 6.45) is 1.04. The van der Waals surface area contributed by atoms with Gasteiger partial charge in [-0.25, -0.2) is 0 Å². The average molecular weight is 292 g/mol. The molecule has 0 bridgehead atoms. The zero-order valence-electron chi connectivity index (χ0n) is 13.0. The smallest absolute Gasteiger partial charge is 0.254 e. The Kier molecular flexibility index (Phi) is 5.07. The van der Waals surface area contributed by atoms with Gasteiger partial charge in [0.05, 0.1) is 13.2 Å². The summed E-state index contributed by atoms with van der Waals surface area (Å²) in [4.78, 5) is 14.4. The van der Waals surface area contributed by atoms with Crippen LogP contribution < -0.4 is 15.2 Å². The number of carbonyl (C=O) groups is 1. The summed E-state index contributed by atoms with van der Waals surface area (Å²) in [5.74, 6) is 1.69. The molecule has 1 aliphatic rings. The summed E-state index contributed by atoms with van der Waals surface area (Å²) in [7, 11) is 1.58. The number of likely N-dealkylation sites (tertiary alicyclic amines) is 1. The van der Waals surface area contributed by atoms with E-state index >= 15 is 0 Å². The second-order valence-electron chi connectivity index (χ2n) is 5.67. The van der Waals surface area contributed by atoms with Crippen LogP contribution in [-0.4, -0.2) is 43.7 Å². The summed E-state index contributed by atoms with van der Waals surface area (Å²) >= 11 is 0. The molecule has 0 aromatic heterocycles. The maximum absolute atomic E-state index is 12.5. The minimum atomic E-state index is 0.0281. The maximum Gasteiger partial charge on any atom is 0.254 e. The number of carbonyl (C=O) groups excluding carboxylic acids is 1. The molecule has 2 rings (SSSR count). The molecule has 0 unspecified atom stereocenters. The van der Waals surface area contributed by atoms with Crippen molar-refractivity contribution < 1.29 is 14.3 Å². The topological polar surface area (TPSA) is 64.8 Å². The van der Waals surface area contributed by atoms with Crippen LogP contribution in [0.15, 0.2) is 18.2 Å². The molecular weight excluding hydrogens is 268 g/mol. The molecule has 5 heteroatoms. The Morgan fingerprint density at radius 1 is 1.43 bits per heavy atom. The Morgan fingerprint density at radius 3 is 2.76 bits per heavy atom. The molecule has 0 aliphatic carbocycles. The quantitative estimate of drug-likeness (QED) is 0.900. The van der Waals surface area contributed by atoms with Gasteiger partial charge in [-0.15, -0.1) is 0 Å². The fourth-order valence-corrected chi connectivity index (χ4v) is 2.54. The first-order valence-electron chi connectivity index (χ1n) is 7.39. The number of nitrogens with two attached hydrogens (primary N) is 1. The van der Waals surface area contributed by atoms with Crippen molar-refractivity contribution >= 4 is 5.91 Å². The Bertz CT molecular complexity index is 502. The van der Waals surface area contributed by atoms with Gasteiger partial charge in [0.1, 0.15) is 0 Å². The number of methoxy groups -OCH3 is 1. The molecule has 1 aromatic rings. The number of hydrogen-bond acceptors (Lipinski definition) is 4. The van der Waals surface area contributed by atoms with Crippen LogP contribution in [0.1, 0.15) is 30.6 Å². The van der Waals surface area contributed by atoms with Crippen molar-refractivity contribution in [3.8, 4) is 11.5 Å². The fraction of sp³-hybridized carbons (Fsp3) is 0.562. The molecule has 1 saturated heterocycles. The summed E-state index contributed by atoms with van der Waals surface area (Å²) in [6.45, 7) is 6.05. The molecule has 0 radical (unpaired) electrons. The van der Waals surface area contributed by atoms with Gasteiger partial charge in [0, 0.05) is 18.7 Å². The molecule has 0 saturated carbocycles. The summed E-state index contributed by atoms with van der Waals surface area (Å²) in [6, 6.07) is 5.33. The van der Waals surface area contributed by atoms with E-state index in [2.05, 4.69) is 0 Å². The van der Waals surface area contributed by atoms with Crippen LogP contribution in [0.25, 0.3) is 0 Å². The number of benzene rings is 1. The Balaban J connectivity index is 2.15. The van der Waals surface area contributed by atoms with Crippen molar-refractivity contribution in [1.82, 2.24) is 4.90 Å². The monoisotopic (exact) mass is 292 g/mol. The minimum absolute atomic E-state index is 0.0281. The van der Waals surface area contributed by atoms with Crippen LogP contribution in [0.4, 0.5) is 0 Å². The molecule has 21 heavy (non-hydrogen) atoms. The second kappa shape index (κ2) is 6.80. The molecule has 1 atom stereocenters. The molecule has 5 nitrogen and oxygen atoms in total. The van der Waals surface area contributed by atoms with Gasteiger partial charge in [-0.2, -0.15) is 0 Å². The van der Waals surface area contributed by atoms with Crippen LogP contribution in [-0.2, 0) is 0 Å². The molecule has 116 valence electrons. The van der Waals surface area contributed by atoms with Gasteiger partial charge < -0.3 is 20.1 Å². The molecule has 0 spiro atoms. The maximum atomic E-state index is 12.5. The summed E-state index contributed by atoms with van der Waals surface area (Å²) < 4.78 is 11.0. The van der Waals surface area contributed by atoms with E-state index in [9.17, 15) is 4.79 Å². The highest BCUT2D eigenvalue weighted by atomic mass is 16.5. The normalized spacial score (nSPS) is 18.1. The first-order chi connectivity index (χ1) is 10.0. The van der Waals surface area contributed by atoms with E-state index in [1.54, 1.807) is 25.3 Å². The van der Waals surface area contributed by atoms with Crippen molar-refractivity contribution in [2.24, 2.45) is 11.7 Å². The third-order valence-corrected chi connectivity index (χ3v) is 3.68. The lowest BCUT2D eigenvalue weighted by Gasteiger charge is -2.18. The van der Waals surface area contributed by atoms with E-state index in [4.69, 9.17) is 15.2 Å². The van der Waals surface area contributed by atoms with Gasteiger partial charge in [-0.1, -0.05) is 0 Å². The number of rotatable bonds is 5. The molecule has 2 N–H and O–H groups in total. The van der Waals surface area contributed by atoms with Gasteiger partial charge in [-0.05, 0) is 50.9 Å². The molecule has 1 aromatic carbocycles.